The fourth-order valence-electron chi connectivity index (χ4n) is 4.46. The number of ketones is 1. The maximum atomic E-state index is 13.2. The van der Waals surface area contributed by atoms with Crippen molar-refractivity contribution in [3.8, 4) is 0 Å². The van der Waals surface area contributed by atoms with E-state index < -0.39 is 5.92 Å². The van der Waals surface area contributed by atoms with Gasteiger partial charge in [-0.25, -0.2) is 0 Å². The molecule has 0 spiro atoms. The van der Waals surface area contributed by atoms with Gasteiger partial charge in [-0.2, -0.15) is 11.8 Å². The molecule has 0 N–H and O–H groups in total. The van der Waals surface area contributed by atoms with E-state index in [1.165, 1.54) is 0 Å². The first-order chi connectivity index (χ1) is 13.7. The summed E-state index contributed by atoms with van der Waals surface area (Å²) in [4.78, 5) is 31.1. The number of allylic oxidation sites excluding steroid dienone is 2. The highest BCUT2D eigenvalue weighted by Gasteiger charge is 2.46. The second kappa shape index (κ2) is 8.86. The van der Waals surface area contributed by atoms with Crippen molar-refractivity contribution in [2.24, 2.45) is 16.3 Å². The third-order valence-electron chi connectivity index (χ3n) is 5.76. The lowest BCUT2D eigenvalue weighted by Crippen LogP contribution is -2.40. The molecular weight excluding hydrogens is 382 g/mol. The molecule has 0 saturated carbocycles. The number of carbonyl (C=O) groups is 2. The number of Topliss-reactive ketones (excluding diaryl/α,β-unsaturated/α-hetero) is 1. The Morgan fingerprint density at radius 2 is 1.97 bits per heavy atom. The topological polar surface area (TPSA) is 55.7 Å². The van der Waals surface area contributed by atoms with E-state index in [1.807, 2.05) is 38.1 Å². The predicted octanol–water partition coefficient (Wildman–Crippen LogP) is 5.11. The fourth-order valence-corrected chi connectivity index (χ4v) is 4.95. The third-order valence-corrected chi connectivity index (χ3v) is 6.62. The normalized spacial score (nSPS) is 23.5. The summed E-state index contributed by atoms with van der Waals surface area (Å²) < 4.78 is 5.63. The lowest BCUT2D eigenvalue weighted by Gasteiger charge is -2.39. The van der Waals surface area contributed by atoms with E-state index in [4.69, 9.17) is 9.73 Å². The highest BCUT2D eigenvalue weighted by Crippen LogP contribution is 2.48. The molecule has 156 valence electrons. The number of esters is 1. The molecule has 0 aromatic heterocycles. The minimum Gasteiger partial charge on any atom is -0.464 e. The minimum atomic E-state index is -0.549. The number of rotatable bonds is 6. The van der Waals surface area contributed by atoms with Gasteiger partial charge in [0, 0.05) is 35.1 Å². The Balaban J connectivity index is 2.04. The fraction of sp³-hybridized carbons (Fsp3) is 0.542. The minimum absolute atomic E-state index is 0.110. The Morgan fingerprint density at radius 1 is 1.24 bits per heavy atom. The highest BCUT2D eigenvalue weighted by atomic mass is 32.2. The number of aryl methyl sites for hydroxylation is 1. The Bertz CT molecular complexity index is 869. The Kier molecular flexibility index (Phi) is 6.67. The summed E-state index contributed by atoms with van der Waals surface area (Å²) >= 11 is 1.74. The van der Waals surface area contributed by atoms with E-state index in [0.717, 1.165) is 40.5 Å². The molecule has 0 bridgehead atoms. The molecule has 1 aliphatic heterocycles. The summed E-state index contributed by atoms with van der Waals surface area (Å²) in [5.74, 6) is 0.737. The first-order valence-electron chi connectivity index (χ1n) is 10.4. The standard InChI is InChI=1S/C24H31NO3S/c1-6-29-12-11-28-23(27)20-16(3)25-18-13-24(4,5)14-19(26)22(18)21(20)17-10-8-7-9-15(17)2/h7-10,20-21H,6,11-14H2,1-5H3/t20?,21-/m0/s1. The van der Waals surface area contributed by atoms with E-state index in [-0.39, 0.29) is 23.1 Å². The number of carbonyl (C=O) groups excluding carboxylic acids is 2. The van der Waals surface area contributed by atoms with Crippen LogP contribution in [0.15, 0.2) is 40.5 Å². The SMILES string of the molecule is CCSCCOC(=O)C1C(C)=NC2=C(C(=O)CC(C)(C)C2)[C@H]1c1ccccc1C. The van der Waals surface area contributed by atoms with E-state index in [0.29, 0.717) is 18.6 Å². The van der Waals surface area contributed by atoms with Gasteiger partial charge in [0.05, 0.1) is 0 Å². The van der Waals surface area contributed by atoms with Crippen LogP contribution in [0.2, 0.25) is 0 Å². The largest absolute Gasteiger partial charge is 0.464 e. The monoisotopic (exact) mass is 413 g/mol. The van der Waals surface area contributed by atoms with Crippen molar-refractivity contribution < 1.29 is 14.3 Å². The second-order valence-corrected chi connectivity index (χ2v) is 10.1. The van der Waals surface area contributed by atoms with Crippen LogP contribution in [0.25, 0.3) is 0 Å². The zero-order valence-electron chi connectivity index (χ0n) is 18.1. The molecule has 3 rings (SSSR count). The predicted molar refractivity (Wildman–Crippen MR) is 120 cm³/mol. The van der Waals surface area contributed by atoms with Crippen molar-refractivity contribution in [3.05, 3.63) is 46.7 Å². The molecule has 4 nitrogen and oxygen atoms in total. The molecule has 1 aliphatic carbocycles. The zero-order chi connectivity index (χ0) is 21.2. The molecule has 0 radical (unpaired) electrons. The molecule has 0 fully saturated rings. The number of ether oxygens (including phenoxy) is 1. The van der Waals surface area contributed by atoms with Crippen LogP contribution in [0.4, 0.5) is 0 Å². The number of thioether (sulfide) groups is 1. The second-order valence-electron chi connectivity index (χ2n) is 8.73. The highest BCUT2D eigenvalue weighted by molar-refractivity contribution is 7.99. The van der Waals surface area contributed by atoms with E-state index in [1.54, 1.807) is 11.8 Å². The number of aliphatic imine (C=N–C) groups is 1. The average Bonchev–Trinajstić information content (AvgIpc) is 2.63. The van der Waals surface area contributed by atoms with Crippen LogP contribution in [0, 0.1) is 18.3 Å². The van der Waals surface area contributed by atoms with Crippen molar-refractivity contribution in [1.82, 2.24) is 0 Å². The molecular formula is C24H31NO3S. The van der Waals surface area contributed by atoms with Crippen molar-refractivity contribution >= 4 is 29.2 Å². The van der Waals surface area contributed by atoms with Crippen LogP contribution >= 0.6 is 11.8 Å². The molecule has 0 amide bonds. The van der Waals surface area contributed by atoms with Crippen molar-refractivity contribution in [3.63, 3.8) is 0 Å². The molecule has 1 heterocycles. The van der Waals surface area contributed by atoms with Gasteiger partial charge < -0.3 is 4.74 Å². The number of hydrogen-bond donors (Lipinski definition) is 0. The summed E-state index contributed by atoms with van der Waals surface area (Å²) in [5.41, 5.74) is 4.30. The zero-order valence-corrected chi connectivity index (χ0v) is 18.9. The Hall–Kier alpha value is -1.88. The Morgan fingerprint density at radius 3 is 2.66 bits per heavy atom. The number of benzene rings is 1. The van der Waals surface area contributed by atoms with Gasteiger partial charge in [0.1, 0.15) is 12.5 Å². The van der Waals surface area contributed by atoms with Gasteiger partial charge >= 0.3 is 5.97 Å². The molecule has 2 aliphatic rings. The molecule has 2 atom stereocenters. The lowest BCUT2D eigenvalue weighted by molar-refractivity contribution is -0.145. The van der Waals surface area contributed by atoms with Crippen LogP contribution in [0.1, 0.15) is 57.6 Å². The summed E-state index contributed by atoms with van der Waals surface area (Å²) in [6.45, 7) is 10.6. The van der Waals surface area contributed by atoms with E-state index in [2.05, 4.69) is 20.8 Å². The first-order valence-corrected chi connectivity index (χ1v) is 11.5. The van der Waals surface area contributed by atoms with Gasteiger partial charge in [0.15, 0.2) is 5.78 Å². The Labute approximate surface area is 178 Å². The van der Waals surface area contributed by atoms with Crippen molar-refractivity contribution in [2.45, 2.75) is 53.4 Å². The van der Waals surface area contributed by atoms with Crippen LogP contribution < -0.4 is 0 Å². The third kappa shape index (κ3) is 4.66. The van der Waals surface area contributed by atoms with Gasteiger partial charge in [-0.15, -0.1) is 0 Å². The average molecular weight is 414 g/mol. The summed E-state index contributed by atoms with van der Waals surface area (Å²) in [7, 11) is 0. The maximum absolute atomic E-state index is 13.2. The molecule has 1 aromatic carbocycles. The maximum Gasteiger partial charge on any atom is 0.315 e. The van der Waals surface area contributed by atoms with E-state index in [9.17, 15) is 9.59 Å². The van der Waals surface area contributed by atoms with Crippen LogP contribution in [-0.2, 0) is 14.3 Å². The van der Waals surface area contributed by atoms with Gasteiger partial charge in [-0.3, -0.25) is 14.6 Å². The van der Waals surface area contributed by atoms with Crippen molar-refractivity contribution in [1.29, 1.82) is 0 Å². The van der Waals surface area contributed by atoms with Gasteiger partial charge in [-0.1, -0.05) is 45.0 Å². The summed E-state index contributed by atoms with van der Waals surface area (Å²) in [6, 6.07) is 8.03. The van der Waals surface area contributed by atoms with Gasteiger partial charge in [0.2, 0.25) is 0 Å². The summed E-state index contributed by atoms with van der Waals surface area (Å²) in [5, 5.41) is 0. The molecule has 1 aromatic rings. The molecule has 0 saturated heterocycles. The summed E-state index contributed by atoms with van der Waals surface area (Å²) in [6.07, 6.45) is 1.24. The van der Waals surface area contributed by atoms with Crippen LogP contribution in [-0.4, -0.2) is 35.6 Å². The smallest absolute Gasteiger partial charge is 0.315 e. The van der Waals surface area contributed by atoms with Crippen molar-refractivity contribution in [2.75, 3.05) is 18.1 Å². The van der Waals surface area contributed by atoms with E-state index >= 15 is 0 Å². The van der Waals surface area contributed by atoms with Gasteiger partial charge in [0.25, 0.3) is 0 Å². The first kappa shape index (κ1) is 21.8. The quantitative estimate of drug-likeness (QED) is 0.480. The van der Waals surface area contributed by atoms with Crippen LogP contribution in [0.5, 0.6) is 0 Å². The molecule has 29 heavy (non-hydrogen) atoms. The molecule has 1 unspecified atom stereocenters. The van der Waals surface area contributed by atoms with Crippen LogP contribution in [0.3, 0.4) is 0 Å². The lowest BCUT2D eigenvalue weighted by atomic mass is 9.66. The van der Waals surface area contributed by atoms with Gasteiger partial charge in [-0.05, 0) is 42.6 Å². The molecule has 5 heteroatoms. The number of hydrogen-bond acceptors (Lipinski definition) is 5. The number of nitrogens with zero attached hydrogens (tertiary/aromatic N) is 1.